The molecule has 3 rings (SSSR count). The van der Waals surface area contributed by atoms with Crippen molar-refractivity contribution in [3.63, 3.8) is 0 Å². The number of hydrogen-bond donors (Lipinski definition) is 1. The summed E-state index contributed by atoms with van der Waals surface area (Å²) in [5, 5.41) is 1.25. The van der Waals surface area contributed by atoms with E-state index in [9.17, 15) is 9.18 Å². The van der Waals surface area contributed by atoms with Crippen molar-refractivity contribution in [1.82, 2.24) is 0 Å². The van der Waals surface area contributed by atoms with Crippen LogP contribution in [0.25, 0.3) is 0 Å². The molecule has 7 heteroatoms. The molecule has 1 heterocycles. The van der Waals surface area contributed by atoms with Crippen molar-refractivity contribution >= 4 is 33.9 Å². The lowest BCUT2D eigenvalue weighted by Crippen LogP contribution is -3.00. The van der Waals surface area contributed by atoms with E-state index in [0.29, 0.717) is 22.1 Å². The van der Waals surface area contributed by atoms with E-state index in [4.69, 9.17) is 17.3 Å². The summed E-state index contributed by atoms with van der Waals surface area (Å²) in [4.78, 5) is 13.3. The summed E-state index contributed by atoms with van der Waals surface area (Å²) in [5.74, 6) is -0.475. The Bertz CT molecular complexity index is 883. The number of nitrogens with two attached hydrogens (primary N) is 1. The average Bonchev–Trinajstić information content (AvgIpc) is 2.87. The average molecular weight is 442 g/mol. The Morgan fingerprint density at radius 2 is 1.92 bits per heavy atom. The summed E-state index contributed by atoms with van der Waals surface area (Å²) in [6, 6.07) is 13.2. The van der Waals surface area contributed by atoms with Gasteiger partial charge in [-0.25, -0.2) is 8.96 Å². The summed E-state index contributed by atoms with van der Waals surface area (Å²) in [6.07, 6.45) is 2.58. The molecule has 0 saturated carbocycles. The molecular weight excluding hydrogens is 427 g/mol. The molecule has 0 aliphatic rings. The van der Waals surface area contributed by atoms with Gasteiger partial charge in [0.15, 0.2) is 6.54 Å². The molecule has 0 bridgehead atoms. The van der Waals surface area contributed by atoms with Crippen molar-refractivity contribution in [1.29, 1.82) is 0 Å². The molecule has 0 spiro atoms. The van der Waals surface area contributed by atoms with Crippen LogP contribution in [-0.2, 0) is 13.0 Å². The number of benzene rings is 2. The van der Waals surface area contributed by atoms with Crippen LogP contribution in [0.1, 0.15) is 20.8 Å². The predicted octanol–water partition coefficient (Wildman–Crippen LogP) is 0.888. The fourth-order valence-electron chi connectivity index (χ4n) is 2.39. The zero-order valence-corrected chi connectivity index (χ0v) is 16.2. The first kappa shape index (κ1) is 19.6. The number of aromatic nitrogens is 1. The van der Waals surface area contributed by atoms with E-state index in [0.717, 1.165) is 10.4 Å². The van der Waals surface area contributed by atoms with Gasteiger partial charge in [-0.2, -0.15) is 0 Å². The van der Waals surface area contributed by atoms with Crippen LogP contribution in [0.15, 0.2) is 54.7 Å². The molecule has 2 N–H and O–H groups in total. The van der Waals surface area contributed by atoms with Gasteiger partial charge in [0.25, 0.3) is 0 Å². The number of ketones is 1. The van der Waals surface area contributed by atoms with Crippen LogP contribution in [0, 0.1) is 5.82 Å². The number of anilines is 1. The van der Waals surface area contributed by atoms with Gasteiger partial charge in [-0.15, -0.1) is 0 Å². The van der Waals surface area contributed by atoms with E-state index < -0.39 is 0 Å². The molecular formula is C18H15BrClFN2OS. The molecule has 2 aromatic carbocycles. The van der Waals surface area contributed by atoms with Crippen LogP contribution in [0.3, 0.4) is 0 Å². The molecule has 0 aliphatic carbocycles. The maximum Gasteiger partial charge on any atom is 0.332 e. The van der Waals surface area contributed by atoms with E-state index in [1.165, 1.54) is 35.6 Å². The molecule has 0 aliphatic heterocycles. The third kappa shape index (κ3) is 5.11. The van der Waals surface area contributed by atoms with Crippen LogP contribution >= 0.6 is 22.9 Å². The molecule has 0 radical (unpaired) electrons. The summed E-state index contributed by atoms with van der Waals surface area (Å²) in [6.45, 7) is 0.128. The Labute approximate surface area is 164 Å². The maximum absolute atomic E-state index is 12.9. The van der Waals surface area contributed by atoms with Crippen molar-refractivity contribution in [2.45, 2.75) is 13.0 Å². The minimum absolute atomic E-state index is 0. The molecule has 130 valence electrons. The molecule has 3 nitrogen and oxygen atoms in total. The molecule has 0 amide bonds. The number of hydrogen-bond acceptors (Lipinski definition) is 3. The Kier molecular flexibility index (Phi) is 6.70. The Balaban J connectivity index is 0.00000225. The Hall–Kier alpha value is -1.76. The zero-order valence-electron chi connectivity index (χ0n) is 13.1. The van der Waals surface area contributed by atoms with Crippen molar-refractivity contribution in [2.24, 2.45) is 0 Å². The van der Waals surface area contributed by atoms with E-state index in [1.54, 1.807) is 4.57 Å². The van der Waals surface area contributed by atoms with Crippen molar-refractivity contribution < 1.29 is 30.7 Å². The summed E-state index contributed by atoms with van der Waals surface area (Å²) in [7, 11) is 0. The summed E-state index contributed by atoms with van der Waals surface area (Å²) < 4.78 is 14.7. The fourth-order valence-corrected chi connectivity index (χ4v) is 3.53. The number of thiazole rings is 1. The van der Waals surface area contributed by atoms with Gasteiger partial charge in [0.1, 0.15) is 12.0 Å². The fraction of sp³-hybridized carbons (Fsp3) is 0.111. The van der Waals surface area contributed by atoms with Crippen molar-refractivity contribution in [2.75, 3.05) is 5.73 Å². The third-order valence-corrected chi connectivity index (χ3v) is 4.76. The zero-order chi connectivity index (χ0) is 17.1. The molecule has 1 aromatic heterocycles. The quantitative estimate of drug-likeness (QED) is 0.472. The maximum atomic E-state index is 12.9. The molecule has 0 saturated heterocycles. The molecule has 0 fully saturated rings. The molecule has 0 unspecified atom stereocenters. The van der Waals surface area contributed by atoms with Gasteiger partial charge in [0, 0.05) is 17.0 Å². The van der Waals surface area contributed by atoms with Gasteiger partial charge < -0.3 is 17.0 Å². The number of nitrogen functional groups attached to an aromatic ring is 1. The Morgan fingerprint density at radius 3 is 2.60 bits per heavy atom. The first-order valence-electron chi connectivity index (χ1n) is 7.32. The van der Waals surface area contributed by atoms with E-state index in [2.05, 4.69) is 0 Å². The minimum atomic E-state index is -0.363. The molecule has 3 aromatic rings. The predicted molar refractivity (Wildman–Crippen MR) is 93.9 cm³/mol. The highest BCUT2D eigenvalue weighted by Gasteiger charge is 2.16. The lowest BCUT2D eigenvalue weighted by Gasteiger charge is -1.99. The second-order valence-electron chi connectivity index (χ2n) is 5.40. The van der Waals surface area contributed by atoms with E-state index >= 15 is 0 Å². The van der Waals surface area contributed by atoms with Gasteiger partial charge in [-0.1, -0.05) is 35.1 Å². The second-order valence-corrected chi connectivity index (χ2v) is 6.98. The minimum Gasteiger partial charge on any atom is -1.00 e. The standard InChI is InChI=1S/C18H14ClFN2OS.BrH/c19-14-3-1-2-12(8-14)9-16-10-22(18(21)24-16)11-17(23)13-4-6-15(20)7-5-13;/h1-8,10,21H,9,11H2;1H. The number of carbonyl (C=O) groups is 1. The molecule has 25 heavy (non-hydrogen) atoms. The number of Topliss-reactive ketones (excluding diaryl/α,β-unsaturated/α-hetero) is 1. The lowest BCUT2D eigenvalue weighted by atomic mass is 10.1. The molecule has 0 atom stereocenters. The van der Waals surface area contributed by atoms with Gasteiger partial charge in [0.2, 0.25) is 5.78 Å². The first-order chi connectivity index (χ1) is 11.5. The van der Waals surface area contributed by atoms with Gasteiger partial charge in [0.05, 0.1) is 4.88 Å². The highest BCUT2D eigenvalue weighted by Crippen LogP contribution is 2.20. The highest BCUT2D eigenvalue weighted by atomic mass is 79.9. The highest BCUT2D eigenvalue weighted by molar-refractivity contribution is 7.14. The van der Waals surface area contributed by atoms with Crippen LogP contribution < -0.4 is 27.3 Å². The first-order valence-corrected chi connectivity index (χ1v) is 8.51. The van der Waals surface area contributed by atoms with Crippen molar-refractivity contribution in [3.8, 4) is 0 Å². The SMILES string of the molecule is Nc1sc(Cc2cccc(Cl)c2)c[n+]1CC(=O)c1ccc(F)cc1.[Br-]. The topological polar surface area (TPSA) is 47.0 Å². The van der Waals surface area contributed by atoms with Crippen LogP contribution in [0.2, 0.25) is 5.02 Å². The third-order valence-electron chi connectivity index (χ3n) is 3.57. The van der Waals surface area contributed by atoms with Gasteiger partial charge in [-0.3, -0.25) is 10.5 Å². The number of nitrogens with zero attached hydrogens (tertiary/aromatic N) is 1. The van der Waals surface area contributed by atoms with Crippen LogP contribution in [0.4, 0.5) is 9.52 Å². The van der Waals surface area contributed by atoms with Crippen LogP contribution in [-0.4, -0.2) is 5.78 Å². The largest absolute Gasteiger partial charge is 1.00 e. The smallest absolute Gasteiger partial charge is 0.332 e. The second kappa shape index (κ2) is 8.56. The number of halogens is 3. The van der Waals surface area contributed by atoms with E-state index in [-0.39, 0.29) is 35.1 Å². The van der Waals surface area contributed by atoms with Crippen LogP contribution in [0.5, 0.6) is 0 Å². The monoisotopic (exact) mass is 440 g/mol. The summed E-state index contributed by atoms with van der Waals surface area (Å²) >= 11 is 7.44. The number of carbonyl (C=O) groups excluding carboxylic acids is 1. The van der Waals surface area contributed by atoms with Crippen molar-refractivity contribution in [3.05, 3.63) is 81.6 Å². The van der Waals surface area contributed by atoms with Gasteiger partial charge >= 0.3 is 5.13 Å². The van der Waals surface area contributed by atoms with E-state index in [1.807, 2.05) is 30.5 Å². The normalized spacial score (nSPS) is 10.3. The summed E-state index contributed by atoms with van der Waals surface area (Å²) in [5.41, 5.74) is 7.57. The Morgan fingerprint density at radius 1 is 1.20 bits per heavy atom. The van der Waals surface area contributed by atoms with Gasteiger partial charge in [-0.05, 0) is 42.0 Å². The number of rotatable bonds is 5. The lowest BCUT2D eigenvalue weighted by molar-refractivity contribution is -0.664.